The predicted octanol–water partition coefficient (Wildman–Crippen LogP) is 5.78. The Balaban J connectivity index is 1.76. The zero-order valence-electron chi connectivity index (χ0n) is 21.7. The number of nitrogens with zero attached hydrogens (tertiary/aromatic N) is 1. The standard InChI is InChI=1S/C30H35BrN2O4/c1-22(2)32-30(35)28(20-23-9-5-4-6-10-23)33(21-24-11-7-12-25(31)19-24)29(34)13-8-18-37-27-16-14-26(36-3)15-17-27/h4-7,9-12,14-17,19,22,28H,8,13,18,20-21H2,1-3H3,(H,32,35)/t28-/m1/s1. The van der Waals surface area contributed by atoms with Crippen molar-refractivity contribution in [3.8, 4) is 11.5 Å². The van der Waals surface area contributed by atoms with Crippen molar-refractivity contribution >= 4 is 27.7 Å². The van der Waals surface area contributed by atoms with Crippen LogP contribution in [0.4, 0.5) is 0 Å². The molecule has 0 unspecified atom stereocenters. The van der Waals surface area contributed by atoms with Gasteiger partial charge in [0.05, 0.1) is 13.7 Å². The van der Waals surface area contributed by atoms with E-state index in [-0.39, 0.29) is 24.3 Å². The number of ether oxygens (including phenoxy) is 2. The second-order valence-electron chi connectivity index (χ2n) is 9.15. The Hall–Kier alpha value is -3.32. The highest BCUT2D eigenvalue weighted by molar-refractivity contribution is 9.10. The highest BCUT2D eigenvalue weighted by Gasteiger charge is 2.30. The van der Waals surface area contributed by atoms with E-state index in [2.05, 4.69) is 21.2 Å². The van der Waals surface area contributed by atoms with Gasteiger partial charge in [0.2, 0.25) is 11.8 Å². The number of nitrogens with one attached hydrogen (secondary N) is 1. The normalized spacial score (nSPS) is 11.6. The molecule has 0 aromatic heterocycles. The van der Waals surface area contributed by atoms with Gasteiger partial charge in [-0.3, -0.25) is 9.59 Å². The molecule has 0 fully saturated rings. The van der Waals surface area contributed by atoms with E-state index in [1.165, 1.54) is 0 Å². The highest BCUT2D eigenvalue weighted by Crippen LogP contribution is 2.20. The maximum atomic E-state index is 13.6. The predicted molar refractivity (Wildman–Crippen MR) is 150 cm³/mol. The van der Waals surface area contributed by atoms with Gasteiger partial charge < -0.3 is 19.7 Å². The van der Waals surface area contributed by atoms with Gasteiger partial charge in [-0.15, -0.1) is 0 Å². The first-order valence-electron chi connectivity index (χ1n) is 12.5. The van der Waals surface area contributed by atoms with Gasteiger partial charge in [-0.2, -0.15) is 0 Å². The van der Waals surface area contributed by atoms with Crippen LogP contribution in [0.15, 0.2) is 83.3 Å². The van der Waals surface area contributed by atoms with Crippen LogP contribution in [0.25, 0.3) is 0 Å². The van der Waals surface area contributed by atoms with Crippen LogP contribution < -0.4 is 14.8 Å². The molecule has 3 aromatic rings. The van der Waals surface area contributed by atoms with E-state index in [0.29, 0.717) is 26.0 Å². The van der Waals surface area contributed by atoms with Crippen LogP contribution in [-0.2, 0) is 22.6 Å². The second-order valence-corrected chi connectivity index (χ2v) is 10.1. The summed E-state index contributed by atoms with van der Waals surface area (Å²) in [6.07, 6.45) is 1.23. The number of methoxy groups -OCH3 is 1. The lowest BCUT2D eigenvalue weighted by Gasteiger charge is -2.32. The molecule has 2 amide bonds. The number of hydrogen-bond donors (Lipinski definition) is 1. The smallest absolute Gasteiger partial charge is 0.243 e. The van der Waals surface area contributed by atoms with Crippen molar-refractivity contribution in [3.05, 3.63) is 94.5 Å². The number of hydrogen-bond acceptors (Lipinski definition) is 4. The minimum Gasteiger partial charge on any atom is -0.497 e. The summed E-state index contributed by atoms with van der Waals surface area (Å²) in [5.41, 5.74) is 1.95. The molecule has 0 saturated heterocycles. The van der Waals surface area contributed by atoms with E-state index in [4.69, 9.17) is 9.47 Å². The van der Waals surface area contributed by atoms with Crippen molar-refractivity contribution < 1.29 is 19.1 Å². The Morgan fingerprint density at radius 2 is 1.59 bits per heavy atom. The summed E-state index contributed by atoms with van der Waals surface area (Å²) in [6.45, 7) is 4.58. The van der Waals surface area contributed by atoms with Crippen molar-refractivity contribution in [2.45, 2.75) is 51.7 Å². The SMILES string of the molecule is COc1ccc(OCCCC(=O)N(Cc2cccc(Br)c2)[C@H](Cc2ccccc2)C(=O)NC(C)C)cc1. The number of carbonyl (C=O) groups is 2. The molecule has 6 nitrogen and oxygen atoms in total. The zero-order valence-corrected chi connectivity index (χ0v) is 23.2. The second kappa shape index (κ2) is 14.4. The first kappa shape index (κ1) is 28.3. The summed E-state index contributed by atoms with van der Waals surface area (Å²) in [4.78, 5) is 28.7. The molecule has 0 spiro atoms. The van der Waals surface area contributed by atoms with E-state index in [1.54, 1.807) is 12.0 Å². The van der Waals surface area contributed by atoms with Gasteiger partial charge in [0, 0.05) is 29.9 Å². The largest absolute Gasteiger partial charge is 0.497 e. The number of benzene rings is 3. The van der Waals surface area contributed by atoms with Gasteiger partial charge in [0.25, 0.3) is 0 Å². The molecule has 0 heterocycles. The fourth-order valence-corrected chi connectivity index (χ4v) is 4.44. The Morgan fingerprint density at radius 3 is 2.24 bits per heavy atom. The fourth-order valence-electron chi connectivity index (χ4n) is 4.00. The maximum absolute atomic E-state index is 13.6. The molecule has 1 atom stereocenters. The number of rotatable bonds is 13. The summed E-state index contributed by atoms with van der Waals surface area (Å²) in [5, 5.41) is 3.02. The van der Waals surface area contributed by atoms with E-state index in [9.17, 15) is 9.59 Å². The van der Waals surface area contributed by atoms with Gasteiger partial charge in [0.1, 0.15) is 17.5 Å². The molecule has 3 rings (SSSR count). The summed E-state index contributed by atoms with van der Waals surface area (Å²) in [6, 6.07) is 24.3. The van der Waals surface area contributed by atoms with Crippen molar-refractivity contribution in [3.63, 3.8) is 0 Å². The van der Waals surface area contributed by atoms with Gasteiger partial charge >= 0.3 is 0 Å². The van der Waals surface area contributed by atoms with Crippen LogP contribution in [0.3, 0.4) is 0 Å². The van der Waals surface area contributed by atoms with Crippen molar-refractivity contribution in [1.29, 1.82) is 0 Å². The monoisotopic (exact) mass is 566 g/mol. The molecule has 0 bridgehead atoms. The van der Waals surface area contributed by atoms with Crippen LogP contribution >= 0.6 is 15.9 Å². The third-order valence-corrected chi connectivity index (χ3v) is 6.30. The molecule has 0 aliphatic heterocycles. The van der Waals surface area contributed by atoms with Crippen LogP contribution in [0, 0.1) is 0 Å². The van der Waals surface area contributed by atoms with Gasteiger partial charge in [-0.1, -0.05) is 58.4 Å². The molecule has 0 saturated carbocycles. The van der Waals surface area contributed by atoms with Crippen LogP contribution in [-0.4, -0.2) is 42.5 Å². The van der Waals surface area contributed by atoms with Gasteiger partial charge in [-0.25, -0.2) is 0 Å². The van der Waals surface area contributed by atoms with Crippen molar-refractivity contribution in [2.24, 2.45) is 0 Å². The van der Waals surface area contributed by atoms with E-state index in [0.717, 1.165) is 27.1 Å². The topological polar surface area (TPSA) is 67.9 Å². The average molecular weight is 568 g/mol. The third kappa shape index (κ3) is 9.25. The molecule has 7 heteroatoms. The fraction of sp³-hybridized carbons (Fsp3) is 0.333. The highest BCUT2D eigenvalue weighted by atomic mass is 79.9. The van der Waals surface area contributed by atoms with Crippen LogP contribution in [0.2, 0.25) is 0 Å². The lowest BCUT2D eigenvalue weighted by molar-refractivity contribution is -0.141. The quantitative estimate of drug-likeness (QED) is 0.266. The Morgan fingerprint density at radius 1 is 0.919 bits per heavy atom. The summed E-state index contributed by atoms with van der Waals surface area (Å²) in [5.74, 6) is 1.24. The first-order chi connectivity index (χ1) is 17.9. The number of amides is 2. The van der Waals surface area contributed by atoms with Crippen molar-refractivity contribution in [2.75, 3.05) is 13.7 Å². The molecule has 3 aromatic carbocycles. The Bertz CT molecular complexity index is 1140. The Kier molecular flexibility index (Phi) is 11.0. The average Bonchev–Trinajstić information content (AvgIpc) is 2.89. The van der Waals surface area contributed by atoms with Crippen LogP contribution in [0.5, 0.6) is 11.5 Å². The summed E-state index contributed by atoms with van der Waals surface area (Å²) >= 11 is 3.52. The molecular formula is C30H35BrN2O4. The van der Waals surface area contributed by atoms with Gasteiger partial charge in [-0.05, 0) is 67.8 Å². The van der Waals surface area contributed by atoms with Gasteiger partial charge in [0.15, 0.2) is 0 Å². The molecule has 196 valence electrons. The van der Waals surface area contributed by atoms with E-state index >= 15 is 0 Å². The van der Waals surface area contributed by atoms with Crippen molar-refractivity contribution in [1.82, 2.24) is 10.2 Å². The maximum Gasteiger partial charge on any atom is 0.243 e. The molecular weight excluding hydrogens is 532 g/mol. The number of halogens is 1. The summed E-state index contributed by atoms with van der Waals surface area (Å²) in [7, 11) is 1.62. The molecule has 0 radical (unpaired) electrons. The minimum atomic E-state index is -0.640. The number of carbonyl (C=O) groups excluding carboxylic acids is 2. The molecule has 1 N–H and O–H groups in total. The lowest BCUT2D eigenvalue weighted by atomic mass is 10.0. The van der Waals surface area contributed by atoms with E-state index < -0.39 is 6.04 Å². The summed E-state index contributed by atoms with van der Waals surface area (Å²) < 4.78 is 11.9. The Labute approximate surface area is 228 Å². The first-order valence-corrected chi connectivity index (χ1v) is 13.3. The molecule has 37 heavy (non-hydrogen) atoms. The third-order valence-electron chi connectivity index (χ3n) is 5.81. The molecule has 0 aliphatic rings. The van der Waals surface area contributed by atoms with Crippen LogP contribution in [0.1, 0.15) is 37.8 Å². The minimum absolute atomic E-state index is 0.0357. The lowest BCUT2D eigenvalue weighted by Crippen LogP contribution is -2.51. The molecule has 0 aliphatic carbocycles. The van der Waals surface area contributed by atoms with E-state index in [1.807, 2.05) is 92.7 Å². The zero-order chi connectivity index (χ0) is 26.6.